The Kier molecular flexibility index (Phi) is 4.50. The molecule has 0 aliphatic rings. The van der Waals surface area contributed by atoms with E-state index >= 15 is 0 Å². The number of anilines is 1. The standard InChI is InChI=1S/C15H13FN6O3/c16-12-3-1-2-10(4-12)6-22-9-17-15(20-22)19-13(23)8-21-7-11(5-18-21)14(24)25/h1-5,7,9H,6,8H2,(H,24,25)(H,19,20,23). The summed E-state index contributed by atoms with van der Waals surface area (Å²) in [6, 6.07) is 6.08. The molecule has 9 nitrogen and oxygen atoms in total. The van der Waals surface area contributed by atoms with Crippen molar-refractivity contribution in [2.75, 3.05) is 5.32 Å². The molecule has 0 bridgehead atoms. The van der Waals surface area contributed by atoms with Gasteiger partial charge in [0.05, 0.1) is 18.3 Å². The fraction of sp³-hybridized carbons (Fsp3) is 0.133. The van der Waals surface area contributed by atoms with Crippen molar-refractivity contribution in [2.24, 2.45) is 0 Å². The smallest absolute Gasteiger partial charge is 0.338 e. The van der Waals surface area contributed by atoms with E-state index in [9.17, 15) is 14.0 Å². The molecule has 2 N–H and O–H groups in total. The van der Waals surface area contributed by atoms with Gasteiger partial charge in [-0.2, -0.15) is 5.10 Å². The largest absolute Gasteiger partial charge is 0.478 e. The first kappa shape index (κ1) is 16.3. The van der Waals surface area contributed by atoms with Crippen LogP contribution in [0.1, 0.15) is 15.9 Å². The van der Waals surface area contributed by atoms with Crippen molar-refractivity contribution in [3.8, 4) is 0 Å². The lowest BCUT2D eigenvalue weighted by molar-refractivity contribution is -0.117. The SMILES string of the molecule is O=C(Cn1cc(C(=O)O)cn1)Nc1ncn(Cc2cccc(F)c2)n1. The Hall–Kier alpha value is -3.56. The molecular weight excluding hydrogens is 331 g/mol. The number of nitrogens with zero attached hydrogens (tertiary/aromatic N) is 5. The van der Waals surface area contributed by atoms with Crippen molar-refractivity contribution in [1.29, 1.82) is 0 Å². The topological polar surface area (TPSA) is 115 Å². The van der Waals surface area contributed by atoms with Crippen molar-refractivity contribution in [3.05, 3.63) is 59.9 Å². The van der Waals surface area contributed by atoms with Gasteiger partial charge in [-0.3, -0.25) is 14.8 Å². The Balaban J connectivity index is 1.58. The molecular formula is C15H13FN6O3. The second-order valence-electron chi connectivity index (χ2n) is 5.18. The van der Waals surface area contributed by atoms with Crippen LogP contribution in [0.5, 0.6) is 0 Å². The number of hydrogen-bond acceptors (Lipinski definition) is 5. The fourth-order valence-electron chi connectivity index (χ4n) is 2.12. The number of aromatic nitrogens is 5. The molecule has 0 spiro atoms. The number of carbonyl (C=O) groups excluding carboxylic acids is 1. The molecule has 128 valence electrons. The maximum Gasteiger partial charge on any atom is 0.338 e. The maximum absolute atomic E-state index is 13.2. The second-order valence-corrected chi connectivity index (χ2v) is 5.18. The molecule has 2 aromatic heterocycles. The lowest BCUT2D eigenvalue weighted by Gasteiger charge is -2.02. The first-order valence-corrected chi connectivity index (χ1v) is 7.19. The number of carboxylic acids is 1. The highest BCUT2D eigenvalue weighted by Gasteiger charge is 2.11. The zero-order chi connectivity index (χ0) is 17.8. The highest BCUT2D eigenvalue weighted by Crippen LogP contribution is 2.06. The Morgan fingerprint density at radius 2 is 2.12 bits per heavy atom. The van der Waals surface area contributed by atoms with E-state index in [4.69, 9.17) is 5.11 Å². The summed E-state index contributed by atoms with van der Waals surface area (Å²) in [6.07, 6.45) is 3.82. The number of nitrogens with one attached hydrogen (secondary N) is 1. The molecule has 2 heterocycles. The van der Waals surface area contributed by atoms with Crippen LogP contribution < -0.4 is 5.32 Å². The minimum absolute atomic E-state index is 0.00898. The van der Waals surface area contributed by atoms with Crippen LogP contribution in [0.4, 0.5) is 10.3 Å². The zero-order valence-electron chi connectivity index (χ0n) is 12.8. The summed E-state index contributed by atoms with van der Waals surface area (Å²) in [4.78, 5) is 26.6. The molecule has 0 saturated carbocycles. The van der Waals surface area contributed by atoms with E-state index in [2.05, 4.69) is 20.5 Å². The molecule has 1 aromatic carbocycles. The highest BCUT2D eigenvalue weighted by atomic mass is 19.1. The van der Waals surface area contributed by atoms with Gasteiger partial charge in [-0.25, -0.2) is 18.9 Å². The molecule has 1 amide bonds. The molecule has 10 heteroatoms. The van der Waals surface area contributed by atoms with Crippen molar-refractivity contribution >= 4 is 17.8 Å². The van der Waals surface area contributed by atoms with Crippen LogP contribution >= 0.6 is 0 Å². The second kappa shape index (κ2) is 6.91. The van der Waals surface area contributed by atoms with Crippen LogP contribution in [0, 0.1) is 5.82 Å². The van der Waals surface area contributed by atoms with Gasteiger partial charge in [-0.1, -0.05) is 12.1 Å². The fourth-order valence-corrected chi connectivity index (χ4v) is 2.12. The van der Waals surface area contributed by atoms with E-state index in [0.717, 1.165) is 6.20 Å². The molecule has 3 rings (SSSR count). The molecule has 3 aromatic rings. The highest BCUT2D eigenvalue weighted by molar-refractivity contribution is 5.89. The molecule has 0 unspecified atom stereocenters. The first-order chi connectivity index (χ1) is 12.0. The normalized spacial score (nSPS) is 10.6. The van der Waals surface area contributed by atoms with Gasteiger partial charge in [0.25, 0.3) is 0 Å². The number of aromatic carboxylic acids is 1. The lowest BCUT2D eigenvalue weighted by atomic mass is 10.2. The van der Waals surface area contributed by atoms with E-state index in [1.807, 2.05) is 0 Å². The predicted octanol–water partition coefficient (Wildman–Crippen LogP) is 0.999. The van der Waals surface area contributed by atoms with Crippen LogP contribution in [0.2, 0.25) is 0 Å². The van der Waals surface area contributed by atoms with E-state index < -0.39 is 11.9 Å². The summed E-state index contributed by atoms with van der Waals surface area (Å²) in [5.41, 5.74) is 0.700. The van der Waals surface area contributed by atoms with E-state index in [0.29, 0.717) is 12.1 Å². The Bertz CT molecular complexity index is 919. The molecule has 25 heavy (non-hydrogen) atoms. The predicted molar refractivity (Wildman–Crippen MR) is 83.3 cm³/mol. The summed E-state index contributed by atoms with van der Waals surface area (Å²) in [7, 11) is 0. The van der Waals surface area contributed by atoms with E-state index in [1.54, 1.807) is 12.1 Å². The summed E-state index contributed by atoms with van der Waals surface area (Å²) in [6.45, 7) is 0.132. The molecule has 0 aliphatic heterocycles. The van der Waals surface area contributed by atoms with E-state index in [1.165, 1.54) is 34.0 Å². The zero-order valence-corrected chi connectivity index (χ0v) is 12.8. The van der Waals surface area contributed by atoms with Gasteiger partial charge in [-0.15, -0.1) is 5.10 Å². The van der Waals surface area contributed by atoms with Gasteiger partial charge in [0.1, 0.15) is 18.7 Å². The maximum atomic E-state index is 13.2. The molecule has 0 atom stereocenters. The third-order valence-electron chi connectivity index (χ3n) is 3.21. The quantitative estimate of drug-likeness (QED) is 0.689. The number of carboxylic acid groups (broad SMARTS) is 1. The third-order valence-corrected chi connectivity index (χ3v) is 3.21. The Morgan fingerprint density at radius 1 is 1.28 bits per heavy atom. The van der Waals surface area contributed by atoms with Gasteiger partial charge < -0.3 is 5.11 Å². The summed E-state index contributed by atoms with van der Waals surface area (Å²) in [5, 5.41) is 19.1. The average molecular weight is 344 g/mol. The summed E-state index contributed by atoms with van der Waals surface area (Å²) in [5.74, 6) is -1.83. The number of rotatable bonds is 6. The van der Waals surface area contributed by atoms with Crippen LogP contribution in [0.15, 0.2) is 43.0 Å². The van der Waals surface area contributed by atoms with Crippen LogP contribution in [-0.2, 0) is 17.9 Å². The van der Waals surface area contributed by atoms with Crippen molar-refractivity contribution < 1.29 is 19.1 Å². The monoisotopic (exact) mass is 344 g/mol. The lowest BCUT2D eigenvalue weighted by Crippen LogP contribution is -2.20. The van der Waals surface area contributed by atoms with Gasteiger partial charge in [0.2, 0.25) is 11.9 Å². The first-order valence-electron chi connectivity index (χ1n) is 7.19. The number of amides is 1. The third kappa shape index (κ3) is 4.25. The van der Waals surface area contributed by atoms with Crippen molar-refractivity contribution in [2.45, 2.75) is 13.1 Å². The van der Waals surface area contributed by atoms with E-state index in [-0.39, 0.29) is 23.9 Å². The Labute approximate surface area is 140 Å². The summed E-state index contributed by atoms with van der Waals surface area (Å²) < 4.78 is 15.8. The van der Waals surface area contributed by atoms with Gasteiger partial charge >= 0.3 is 5.97 Å². The van der Waals surface area contributed by atoms with Crippen molar-refractivity contribution in [1.82, 2.24) is 24.5 Å². The number of benzene rings is 1. The molecule has 0 radical (unpaired) electrons. The summed E-state index contributed by atoms with van der Waals surface area (Å²) >= 11 is 0. The molecule has 0 fully saturated rings. The molecule has 0 saturated heterocycles. The van der Waals surface area contributed by atoms with Crippen LogP contribution in [0.3, 0.4) is 0 Å². The Morgan fingerprint density at radius 3 is 2.84 bits per heavy atom. The van der Waals surface area contributed by atoms with Gasteiger partial charge in [-0.05, 0) is 17.7 Å². The van der Waals surface area contributed by atoms with Gasteiger partial charge in [0.15, 0.2) is 0 Å². The minimum atomic E-state index is -1.12. The number of carbonyl (C=O) groups is 2. The van der Waals surface area contributed by atoms with Crippen molar-refractivity contribution in [3.63, 3.8) is 0 Å². The van der Waals surface area contributed by atoms with Crippen LogP contribution in [-0.4, -0.2) is 41.5 Å². The average Bonchev–Trinajstić information content (AvgIpc) is 3.17. The van der Waals surface area contributed by atoms with Gasteiger partial charge in [0, 0.05) is 6.20 Å². The minimum Gasteiger partial charge on any atom is -0.478 e. The molecule has 0 aliphatic carbocycles. The number of halogens is 1. The number of hydrogen-bond donors (Lipinski definition) is 2. The van der Waals surface area contributed by atoms with Crippen LogP contribution in [0.25, 0.3) is 0 Å².